The molecule has 5 heteroatoms. The van der Waals surface area contributed by atoms with Crippen molar-refractivity contribution in [2.75, 3.05) is 7.11 Å². The lowest BCUT2D eigenvalue weighted by Crippen LogP contribution is -2.19. The Labute approximate surface area is 131 Å². The van der Waals surface area contributed by atoms with E-state index in [4.69, 9.17) is 9.15 Å². The number of oxazole rings is 1. The van der Waals surface area contributed by atoms with E-state index < -0.39 is 0 Å². The second kappa shape index (κ2) is 4.91. The Kier molecular flexibility index (Phi) is 2.87. The van der Waals surface area contributed by atoms with Crippen LogP contribution in [0.4, 0.5) is 0 Å². The molecule has 0 bridgehead atoms. The fraction of sp³-hybridized carbons (Fsp3) is 0.0556. The maximum atomic E-state index is 12.5. The van der Waals surface area contributed by atoms with Gasteiger partial charge in [0, 0.05) is 16.7 Å². The third-order valence-corrected chi connectivity index (χ3v) is 3.78. The Bertz CT molecular complexity index is 903. The zero-order valence-electron chi connectivity index (χ0n) is 12.2. The molecule has 0 unspecified atom stereocenters. The Morgan fingerprint density at radius 2 is 1.70 bits per heavy atom. The van der Waals surface area contributed by atoms with Gasteiger partial charge >= 0.3 is 0 Å². The van der Waals surface area contributed by atoms with Gasteiger partial charge in [-0.3, -0.25) is 9.59 Å². The summed E-state index contributed by atoms with van der Waals surface area (Å²) in [5.74, 6) is 0.236. The summed E-state index contributed by atoms with van der Waals surface area (Å²) in [6, 6.07) is 13.8. The molecule has 1 heterocycles. The summed E-state index contributed by atoms with van der Waals surface area (Å²) >= 11 is 0. The summed E-state index contributed by atoms with van der Waals surface area (Å²) in [6.45, 7) is 0. The van der Waals surface area contributed by atoms with Gasteiger partial charge in [0.25, 0.3) is 0 Å². The lowest BCUT2D eigenvalue weighted by molar-refractivity contribution is 0.0959. The maximum absolute atomic E-state index is 12.5. The number of ether oxygens (including phenoxy) is 1. The number of methoxy groups -OCH3 is 1. The molecule has 0 fully saturated rings. The van der Waals surface area contributed by atoms with Crippen molar-refractivity contribution in [3.8, 4) is 17.2 Å². The Morgan fingerprint density at radius 1 is 0.957 bits per heavy atom. The van der Waals surface area contributed by atoms with Gasteiger partial charge in [0.05, 0.1) is 7.11 Å². The van der Waals surface area contributed by atoms with E-state index in [1.807, 2.05) is 0 Å². The molecule has 0 radical (unpaired) electrons. The number of hydrogen-bond acceptors (Lipinski definition) is 5. The molecule has 0 saturated heterocycles. The predicted molar refractivity (Wildman–Crippen MR) is 81.8 cm³/mol. The Morgan fingerprint density at radius 3 is 2.43 bits per heavy atom. The quantitative estimate of drug-likeness (QED) is 0.569. The number of carbonyl (C=O) groups is 2. The number of aromatic nitrogens is 1. The van der Waals surface area contributed by atoms with Crippen LogP contribution in [0.25, 0.3) is 11.5 Å². The number of hydrogen-bond donors (Lipinski definition) is 0. The molecule has 1 aromatic heterocycles. The number of benzene rings is 2. The minimum atomic E-state index is -0.322. The van der Waals surface area contributed by atoms with E-state index in [2.05, 4.69) is 4.98 Å². The molecule has 0 saturated carbocycles. The molecule has 2 aromatic carbocycles. The highest BCUT2D eigenvalue weighted by molar-refractivity contribution is 6.26. The minimum absolute atomic E-state index is 0.00785. The van der Waals surface area contributed by atoms with Crippen LogP contribution in [-0.2, 0) is 0 Å². The van der Waals surface area contributed by atoms with Crippen molar-refractivity contribution in [1.29, 1.82) is 0 Å². The third kappa shape index (κ3) is 1.97. The standard InChI is InChI=1S/C18H11NO4/c1-22-11-6-4-5-10(9-11)18-19-14-15(20)12-7-2-3-8-13(12)16(21)17(14)23-18/h2-9H,1H3. The smallest absolute Gasteiger partial charge is 0.231 e. The molecule has 1 aliphatic carbocycles. The van der Waals surface area contributed by atoms with Crippen LogP contribution in [0.2, 0.25) is 0 Å². The van der Waals surface area contributed by atoms with Crippen molar-refractivity contribution in [3.63, 3.8) is 0 Å². The molecule has 3 aromatic rings. The predicted octanol–water partition coefficient (Wildman–Crippen LogP) is 3.13. The average Bonchev–Trinajstić information content (AvgIpc) is 3.06. The van der Waals surface area contributed by atoms with E-state index in [-0.39, 0.29) is 28.9 Å². The molecule has 0 spiro atoms. The molecule has 112 valence electrons. The highest BCUT2D eigenvalue weighted by atomic mass is 16.5. The van der Waals surface area contributed by atoms with Gasteiger partial charge in [-0.15, -0.1) is 0 Å². The minimum Gasteiger partial charge on any atom is -0.497 e. The molecule has 4 rings (SSSR count). The number of rotatable bonds is 2. The first kappa shape index (κ1) is 13.5. The molecule has 23 heavy (non-hydrogen) atoms. The van der Waals surface area contributed by atoms with E-state index in [1.165, 1.54) is 0 Å². The van der Waals surface area contributed by atoms with Gasteiger partial charge in [0.1, 0.15) is 5.75 Å². The van der Waals surface area contributed by atoms with Crippen LogP contribution in [0.1, 0.15) is 32.2 Å². The monoisotopic (exact) mass is 305 g/mol. The first-order valence-electron chi connectivity index (χ1n) is 7.02. The third-order valence-electron chi connectivity index (χ3n) is 3.78. The zero-order valence-corrected chi connectivity index (χ0v) is 12.2. The maximum Gasteiger partial charge on any atom is 0.231 e. The van der Waals surface area contributed by atoms with Crippen LogP contribution in [-0.4, -0.2) is 23.7 Å². The van der Waals surface area contributed by atoms with Gasteiger partial charge in [0.2, 0.25) is 23.2 Å². The van der Waals surface area contributed by atoms with Crippen molar-refractivity contribution in [2.24, 2.45) is 0 Å². The Balaban J connectivity index is 1.87. The van der Waals surface area contributed by atoms with Crippen molar-refractivity contribution in [3.05, 3.63) is 71.1 Å². The lowest BCUT2D eigenvalue weighted by Gasteiger charge is -2.10. The van der Waals surface area contributed by atoms with Crippen LogP contribution < -0.4 is 4.74 Å². The lowest BCUT2D eigenvalue weighted by atomic mass is 9.91. The first-order chi connectivity index (χ1) is 11.2. The second-order valence-corrected chi connectivity index (χ2v) is 5.13. The summed E-state index contributed by atoms with van der Waals surface area (Å²) in [4.78, 5) is 29.3. The molecule has 0 aliphatic heterocycles. The molecule has 0 N–H and O–H groups in total. The zero-order chi connectivity index (χ0) is 16.0. The van der Waals surface area contributed by atoms with Gasteiger partial charge in [-0.2, -0.15) is 0 Å². The van der Waals surface area contributed by atoms with E-state index in [0.717, 1.165) is 0 Å². The van der Waals surface area contributed by atoms with Crippen molar-refractivity contribution < 1.29 is 18.7 Å². The normalized spacial score (nSPS) is 12.7. The highest BCUT2D eigenvalue weighted by Crippen LogP contribution is 2.31. The largest absolute Gasteiger partial charge is 0.497 e. The van der Waals surface area contributed by atoms with Crippen molar-refractivity contribution in [2.45, 2.75) is 0 Å². The van der Waals surface area contributed by atoms with Crippen LogP contribution in [0.3, 0.4) is 0 Å². The van der Waals surface area contributed by atoms with Crippen LogP contribution in [0.5, 0.6) is 5.75 Å². The van der Waals surface area contributed by atoms with E-state index in [9.17, 15) is 9.59 Å². The first-order valence-corrected chi connectivity index (χ1v) is 7.02. The second-order valence-electron chi connectivity index (χ2n) is 5.13. The van der Waals surface area contributed by atoms with E-state index >= 15 is 0 Å². The van der Waals surface area contributed by atoms with Crippen molar-refractivity contribution >= 4 is 11.6 Å². The van der Waals surface area contributed by atoms with Crippen molar-refractivity contribution in [1.82, 2.24) is 4.98 Å². The molecular formula is C18H11NO4. The fourth-order valence-electron chi connectivity index (χ4n) is 2.64. The number of ketones is 2. The molecule has 5 nitrogen and oxygen atoms in total. The van der Waals surface area contributed by atoms with Crippen LogP contribution >= 0.6 is 0 Å². The van der Waals surface area contributed by atoms with Crippen LogP contribution in [0, 0.1) is 0 Å². The SMILES string of the molecule is COc1cccc(-c2nc3c(o2)C(=O)c2ccccc2C3=O)c1. The number of fused-ring (bicyclic) bond motifs is 2. The molecule has 1 aliphatic rings. The molecular weight excluding hydrogens is 294 g/mol. The fourth-order valence-corrected chi connectivity index (χ4v) is 2.64. The highest BCUT2D eigenvalue weighted by Gasteiger charge is 2.35. The van der Waals surface area contributed by atoms with Gasteiger partial charge in [0.15, 0.2) is 5.69 Å². The van der Waals surface area contributed by atoms with Gasteiger partial charge in [-0.1, -0.05) is 30.3 Å². The summed E-state index contributed by atoms with van der Waals surface area (Å²) < 4.78 is 10.8. The summed E-state index contributed by atoms with van der Waals surface area (Å²) in [5.41, 5.74) is 1.41. The van der Waals surface area contributed by atoms with Crippen LogP contribution in [0.15, 0.2) is 52.9 Å². The summed E-state index contributed by atoms with van der Waals surface area (Å²) in [7, 11) is 1.56. The summed E-state index contributed by atoms with van der Waals surface area (Å²) in [6.07, 6.45) is 0. The van der Waals surface area contributed by atoms with E-state index in [0.29, 0.717) is 22.4 Å². The van der Waals surface area contributed by atoms with Gasteiger partial charge in [-0.25, -0.2) is 4.98 Å². The van der Waals surface area contributed by atoms with E-state index in [1.54, 1.807) is 55.6 Å². The van der Waals surface area contributed by atoms with Gasteiger partial charge < -0.3 is 9.15 Å². The molecule has 0 amide bonds. The van der Waals surface area contributed by atoms with Gasteiger partial charge in [-0.05, 0) is 18.2 Å². The molecule has 0 atom stereocenters. The Hall–Kier alpha value is -3.21. The topological polar surface area (TPSA) is 69.4 Å². The number of carbonyl (C=O) groups excluding carboxylic acids is 2. The number of nitrogens with zero attached hydrogens (tertiary/aromatic N) is 1. The average molecular weight is 305 g/mol. The summed E-state index contributed by atoms with van der Waals surface area (Å²) in [5, 5.41) is 0.